The molecule has 0 N–H and O–H groups in total. The molecule has 1 nitrogen and oxygen atoms in total. The molecule has 0 rings (SSSR count). The number of hydrogen-bond donors (Lipinski definition) is 0. The van der Waals surface area contributed by atoms with Crippen LogP contribution in [0.2, 0.25) is 0 Å². The molecule has 0 aromatic rings. The maximum Gasteiger partial charge on any atom is 0.0970 e. The van der Waals surface area contributed by atoms with Crippen molar-refractivity contribution in [3.8, 4) is 0 Å². The third-order valence-corrected chi connectivity index (χ3v) is 3.84. The zero-order chi connectivity index (χ0) is 12.3. The summed E-state index contributed by atoms with van der Waals surface area (Å²) in [7, 11) is 0. The van der Waals surface area contributed by atoms with Crippen molar-refractivity contribution >= 4 is 0 Å². The third-order valence-electron chi connectivity index (χ3n) is 3.84. The molecule has 0 aliphatic carbocycles. The van der Waals surface area contributed by atoms with Gasteiger partial charge in [-0.1, -0.05) is 39.2 Å². The van der Waals surface area contributed by atoms with Crippen LogP contribution in [0.15, 0.2) is 12.7 Å². The van der Waals surface area contributed by atoms with E-state index in [1.165, 1.54) is 62.6 Å². The van der Waals surface area contributed by atoms with Crippen molar-refractivity contribution < 1.29 is 4.48 Å². The number of nitrogens with zero attached hydrogens (tertiary/aromatic N) is 1. The van der Waals surface area contributed by atoms with E-state index in [0.717, 1.165) is 6.54 Å². The van der Waals surface area contributed by atoms with E-state index in [9.17, 15) is 0 Å². The summed E-state index contributed by atoms with van der Waals surface area (Å²) in [4.78, 5) is 0. The Kier molecular flexibility index (Phi) is 9.71. The lowest BCUT2D eigenvalue weighted by Crippen LogP contribution is -2.48. The van der Waals surface area contributed by atoms with Crippen molar-refractivity contribution in [1.82, 2.24) is 0 Å². The molecular formula is C15H32N+. The van der Waals surface area contributed by atoms with Gasteiger partial charge in [0.25, 0.3) is 0 Å². The van der Waals surface area contributed by atoms with Gasteiger partial charge in [0, 0.05) is 0 Å². The monoisotopic (exact) mass is 226 g/mol. The summed E-state index contributed by atoms with van der Waals surface area (Å²) < 4.78 is 1.23. The van der Waals surface area contributed by atoms with E-state index in [0.29, 0.717) is 0 Å². The highest BCUT2D eigenvalue weighted by Crippen LogP contribution is 2.12. The third kappa shape index (κ3) is 6.32. The quantitative estimate of drug-likeness (QED) is 0.278. The fourth-order valence-electron chi connectivity index (χ4n) is 2.39. The highest BCUT2D eigenvalue weighted by atomic mass is 15.3. The molecule has 96 valence electrons. The first-order valence-electron chi connectivity index (χ1n) is 7.20. The topological polar surface area (TPSA) is 0 Å². The normalized spacial score (nSPS) is 11.7. The van der Waals surface area contributed by atoms with Gasteiger partial charge in [0.15, 0.2) is 0 Å². The molecule has 0 unspecified atom stereocenters. The lowest BCUT2D eigenvalue weighted by Gasteiger charge is -2.36. The van der Waals surface area contributed by atoms with Crippen molar-refractivity contribution in [2.24, 2.45) is 0 Å². The second-order valence-electron chi connectivity index (χ2n) is 4.94. The van der Waals surface area contributed by atoms with Gasteiger partial charge >= 0.3 is 0 Å². The van der Waals surface area contributed by atoms with Gasteiger partial charge in [0.05, 0.1) is 26.2 Å². The molecule has 0 aromatic heterocycles. The Balaban J connectivity index is 3.71. The smallest absolute Gasteiger partial charge is 0.0970 e. The minimum absolute atomic E-state index is 1.14. The molecule has 0 saturated carbocycles. The Bertz CT molecular complexity index is 159. The SMILES string of the molecule is C=CC[N+](CC)(CC)CCCCCCCC. The van der Waals surface area contributed by atoms with Crippen LogP contribution >= 0.6 is 0 Å². The molecule has 16 heavy (non-hydrogen) atoms. The van der Waals surface area contributed by atoms with E-state index in [1.54, 1.807) is 0 Å². The van der Waals surface area contributed by atoms with Crippen molar-refractivity contribution in [2.75, 3.05) is 26.2 Å². The zero-order valence-corrected chi connectivity index (χ0v) is 11.8. The van der Waals surface area contributed by atoms with Gasteiger partial charge in [-0.25, -0.2) is 0 Å². The van der Waals surface area contributed by atoms with E-state index < -0.39 is 0 Å². The maximum absolute atomic E-state index is 3.89. The molecular weight excluding hydrogens is 194 g/mol. The minimum atomic E-state index is 1.14. The van der Waals surface area contributed by atoms with E-state index in [-0.39, 0.29) is 0 Å². The number of quaternary nitrogens is 1. The summed E-state index contributed by atoms with van der Waals surface area (Å²) in [6.45, 7) is 15.8. The molecule has 0 spiro atoms. The van der Waals surface area contributed by atoms with Crippen LogP contribution in [0, 0.1) is 0 Å². The number of rotatable bonds is 11. The summed E-state index contributed by atoms with van der Waals surface area (Å²) in [5, 5.41) is 0. The van der Waals surface area contributed by atoms with Gasteiger partial charge in [-0.15, -0.1) is 0 Å². The molecule has 0 atom stereocenters. The first kappa shape index (κ1) is 15.7. The summed E-state index contributed by atoms with van der Waals surface area (Å²) in [6, 6.07) is 0. The predicted octanol–water partition coefficient (Wildman–Crippen LogP) is 4.39. The number of likely N-dealkylation sites (N-methyl/N-ethyl adjacent to an activating group) is 1. The van der Waals surface area contributed by atoms with Crippen molar-refractivity contribution in [3.63, 3.8) is 0 Å². The van der Waals surface area contributed by atoms with Crippen molar-refractivity contribution in [2.45, 2.75) is 59.3 Å². The second kappa shape index (κ2) is 9.89. The Morgan fingerprint density at radius 1 is 0.875 bits per heavy atom. The Morgan fingerprint density at radius 2 is 1.44 bits per heavy atom. The average molecular weight is 226 g/mol. The van der Waals surface area contributed by atoms with E-state index in [2.05, 4.69) is 33.4 Å². The summed E-state index contributed by atoms with van der Waals surface area (Å²) in [6.07, 6.45) is 10.5. The molecule has 0 amide bonds. The molecule has 0 radical (unpaired) electrons. The van der Waals surface area contributed by atoms with Crippen LogP contribution in [0.5, 0.6) is 0 Å². The van der Waals surface area contributed by atoms with Gasteiger partial charge in [-0.05, 0) is 32.8 Å². The predicted molar refractivity (Wildman–Crippen MR) is 74.6 cm³/mol. The Morgan fingerprint density at radius 3 is 1.94 bits per heavy atom. The summed E-state index contributed by atoms with van der Waals surface area (Å²) in [5.74, 6) is 0. The maximum atomic E-state index is 3.89. The fourth-order valence-corrected chi connectivity index (χ4v) is 2.39. The lowest BCUT2D eigenvalue weighted by molar-refractivity contribution is -0.919. The first-order chi connectivity index (χ1) is 7.74. The van der Waals surface area contributed by atoms with E-state index >= 15 is 0 Å². The van der Waals surface area contributed by atoms with Crippen LogP contribution in [0.4, 0.5) is 0 Å². The van der Waals surface area contributed by atoms with E-state index in [4.69, 9.17) is 0 Å². The molecule has 0 heterocycles. The molecule has 0 aliphatic heterocycles. The van der Waals surface area contributed by atoms with Crippen LogP contribution < -0.4 is 0 Å². The highest BCUT2D eigenvalue weighted by molar-refractivity contribution is 4.65. The number of hydrogen-bond acceptors (Lipinski definition) is 0. The standard InChI is InChI=1S/C15H32N/c1-5-9-10-11-12-13-15-16(7-3,8-4)14-6-2/h6H,2,5,7-15H2,1,3-4H3/q+1. The van der Waals surface area contributed by atoms with Gasteiger partial charge in [-0.2, -0.15) is 0 Å². The van der Waals surface area contributed by atoms with Crippen LogP contribution in [-0.2, 0) is 0 Å². The lowest BCUT2D eigenvalue weighted by atomic mass is 10.1. The van der Waals surface area contributed by atoms with Crippen LogP contribution in [0.1, 0.15) is 59.3 Å². The Labute approximate surface area is 103 Å². The molecule has 0 fully saturated rings. The zero-order valence-electron chi connectivity index (χ0n) is 11.8. The highest BCUT2D eigenvalue weighted by Gasteiger charge is 2.20. The summed E-state index contributed by atoms with van der Waals surface area (Å²) in [5.41, 5.74) is 0. The fraction of sp³-hybridized carbons (Fsp3) is 0.867. The Hall–Kier alpha value is -0.300. The van der Waals surface area contributed by atoms with Gasteiger partial charge in [0.1, 0.15) is 0 Å². The van der Waals surface area contributed by atoms with E-state index in [1.807, 2.05) is 0 Å². The van der Waals surface area contributed by atoms with Crippen LogP contribution in [0.3, 0.4) is 0 Å². The largest absolute Gasteiger partial charge is 0.321 e. The van der Waals surface area contributed by atoms with Gasteiger partial charge < -0.3 is 4.48 Å². The molecule has 0 bridgehead atoms. The van der Waals surface area contributed by atoms with Crippen LogP contribution in [0.25, 0.3) is 0 Å². The van der Waals surface area contributed by atoms with Crippen LogP contribution in [-0.4, -0.2) is 30.7 Å². The molecule has 0 aliphatic rings. The van der Waals surface area contributed by atoms with Crippen molar-refractivity contribution in [1.29, 1.82) is 0 Å². The van der Waals surface area contributed by atoms with Gasteiger partial charge in [0.2, 0.25) is 0 Å². The number of unbranched alkanes of at least 4 members (excludes halogenated alkanes) is 5. The summed E-state index contributed by atoms with van der Waals surface area (Å²) >= 11 is 0. The van der Waals surface area contributed by atoms with Crippen molar-refractivity contribution in [3.05, 3.63) is 12.7 Å². The first-order valence-corrected chi connectivity index (χ1v) is 7.20. The molecule has 0 aromatic carbocycles. The minimum Gasteiger partial charge on any atom is -0.321 e. The second-order valence-corrected chi connectivity index (χ2v) is 4.94. The molecule has 0 saturated heterocycles. The molecule has 1 heteroatoms. The van der Waals surface area contributed by atoms with Gasteiger partial charge in [-0.3, -0.25) is 0 Å². The average Bonchev–Trinajstić information content (AvgIpc) is 2.32.